The minimum Gasteiger partial charge on any atom is -0.492 e. The second-order valence-electron chi connectivity index (χ2n) is 6.73. The summed E-state index contributed by atoms with van der Waals surface area (Å²) in [7, 11) is 0. The molecule has 1 spiro atoms. The summed E-state index contributed by atoms with van der Waals surface area (Å²) in [6.45, 7) is 1.26. The van der Waals surface area contributed by atoms with Gasteiger partial charge in [0.1, 0.15) is 18.1 Å². The Morgan fingerprint density at radius 3 is 2.86 bits per heavy atom. The van der Waals surface area contributed by atoms with Crippen molar-refractivity contribution >= 4 is 5.78 Å². The Bertz CT molecular complexity index is 545. The molecule has 4 rings (SSSR count). The summed E-state index contributed by atoms with van der Waals surface area (Å²) < 4.78 is 11.7. The van der Waals surface area contributed by atoms with E-state index in [1.165, 1.54) is 12.8 Å². The van der Waals surface area contributed by atoms with Crippen LogP contribution < -0.4 is 4.74 Å². The third-order valence-electron chi connectivity index (χ3n) is 5.45. The first-order valence-corrected chi connectivity index (χ1v) is 8.17. The third-order valence-corrected chi connectivity index (χ3v) is 5.45. The molecular formula is C18H22O3. The predicted molar refractivity (Wildman–Crippen MR) is 79.6 cm³/mol. The highest BCUT2D eigenvalue weighted by Crippen LogP contribution is 2.44. The van der Waals surface area contributed by atoms with Gasteiger partial charge in [-0.1, -0.05) is 31.0 Å². The van der Waals surface area contributed by atoms with Gasteiger partial charge in [-0.3, -0.25) is 4.79 Å². The number of fused-ring (bicyclic) bond motifs is 1. The number of para-hydroxylation sites is 1. The van der Waals surface area contributed by atoms with Gasteiger partial charge in [-0.15, -0.1) is 0 Å². The number of benzene rings is 1. The van der Waals surface area contributed by atoms with Gasteiger partial charge in [0.05, 0.1) is 11.5 Å². The summed E-state index contributed by atoms with van der Waals surface area (Å²) >= 11 is 0. The highest BCUT2D eigenvalue weighted by atomic mass is 16.5. The molecule has 0 amide bonds. The van der Waals surface area contributed by atoms with Crippen molar-refractivity contribution in [2.75, 3.05) is 13.2 Å². The summed E-state index contributed by atoms with van der Waals surface area (Å²) in [6, 6.07) is 7.96. The van der Waals surface area contributed by atoms with Crippen LogP contribution in [0.15, 0.2) is 24.3 Å². The van der Waals surface area contributed by atoms with Gasteiger partial charge in [-0.05, 0) is 31.7 Å². The molecule has 0 bridgehead atoms. The maximum atomic E-state index is 13.0. The van der Waals surface area contributed by atoms with E-state index >= 15 is 0 Å². The molecule has 1 aromatic rings. The van der Waals surface area contributed by atoms with Gasteiger partial charge in [0, 0.05) is 18.1 Å². The second kappa shape index (κ2) is 5.13. The Labute approximate surface area is 125 Å². The number of rotatable bonds is 2. The molecule has 21 heavy (non-hydrogen) atoms. The van der Waals surface area contributed by atoms with Crippen molar-refractivity contribution in [1.82, 2.24) is 0 Å². The molecule has 0 aromatic heterocycles. The molecule has 2 atom stereocenters. The largest absolute Gasteiger partial charge is 0.492 e. The van der Waals surface area contributed by atoms with E-state index in [1.54, 1.807) is 0 Å². The molecule has 2 unspecified atom stereocenters. The fourth-order valence-corrected chi connectivity index (χ4v) is 4.32. The molecule has 0 radical (unpaired) electrons. The van der Waals surface area contributed by atoms with E-state index < -0.39 is 0 Å². The minimum absolute atomic E-state index is 0.0115. The molecule has 0 N–H and O–H groups in total. The number of carbonyl (C=O) groups is 1. The van der Waals surface area contributed by atoms with Gasteiger partial charge in [0.25, 0.3) is 0 Å². The Hall–Kier alpha value is -1.35. The van der Waals surface area contributed by atoms with E-state index in [-0.39, 0.29) is 17.4 Å². The lowest BCUT2D eigenvalue weighted by molar-refractivity contribution is -0.137. The third kappa shape index (κ3) is 2.28. The summed E-state index contributed by atoms with van der Waals surface area (Å²) in [5.41, 5.74) is 1.09. The van der Waals surface area contributed by atoms with Crippen molar-refractivity contribution in [2.45, 2.75) is 50.0 Å². The zero-order chi connectivity index (χ0) is 14.3. The van der Waals surface area contributed by atoms with Crippen LogP contribution in [0.5, 0.6) is 5.75 Å². The molecule has 3 nitrogen and oxygen atoms in total. The average Bonchev–Trinajstić information content (AvgIpc) is 3.14. The van der Waals surface area contributed by atoms with Crippen molar-refractivity contribution in [1.29, 1.82) is 0 Å². The van der Waals surface area contributed by atoms with E-state index in [0.29, 0.717) is 12.4 Å². The number of carbonyl (C=O) groups excluding carboxylic acids is 1. The molecule has 2 aliphatic heterocycles. The van der Waals surface area contributed by atoms with Crippen molar-refractivity contribution in [3.63, 3.8) is 0 Å². The number of hydrogen-bond acceptors (Lipinski definition) is 3. The first-order valence-electron chi connectivity index (χ1n) is 8.17. The molecule has 1 saturated carbocycles. The fraction of sp³-hybridized carbons (Fsp3) is 0.611. The summed E-state index contributed by atoms with van der Waals surface area (Å²) in [5, 5.41) is 0. The smallest absolute Gasteiger partial charge is 0.147 e. The normalized spacial score (nSPS) is 30.1. The Morgan fingerprint density at radius 1 is 1.19 bits per heavy atom. The number of hydrogen-bond donors (Lipinski definition) is 0. The van der Waals surface area contributed by atoms with Crippen LogP contribution in [0.3, 0.4) is 0 Å². The van der Waals surface area contributed by atoms with Crippen LogP contribution in [0.25, 0.3) is 0 Å². The Morgan fingerprint density at radius 2 is 2.00 bits per heavy atom. The zero-order valence-electron chi connectivity index (χ0n) is 12.3. The standard InChI is InChI=1S/C18H22O3/c19-17(15-12-20-16-6-2-1-5-14(15)16)13-7-10-21-18(11-13)8-3-4-9-18/h1-2,5-6,13,15H,3-4,7-12H2. The van der Waals surface area contributed by atoms with Crippen LogP contribution in [0.1, 0.15) is 50.0 Å². The quantitative estimate of drug-likeness (QED) is 0.835. The lowest BCUT2D eigenvalue weighted by atomic mass is 9.78. The van der Waals surface area contributed by atoms with Crippen molar-refractivity contribution in [3.05, 3.63) is 29.8 Å². The van der Waals surface area contributed by atoms with Crippen molar-refractivity contribution < 1.29 is 14.3 Å². The van der Waals surface area contributed by atoms with Crippen LogP contribution in [-0.4, -0.2) is 24.6 Å². The van der Waals surface area contributed by atoms with E-state index in [4.69, 9.17) is 9.47 Å². The van der Waals surface area contributed by atoms with E-state index in [0.717, 1.165) is 43.6 Å². The van der Waals surface area contributed by atoms with Crippen molar-refractivity contribution in [2.24, 2.45) is 5.92 Å². The SMILES string of the molecule is O=C(C1CCOC2(CCCC2)C1)C1COc2ccccc21. The molecule has 2 fully saturated rings. The average molecular weight is 286 g/mol. The monoisotopic (exact) mass is 286 g/mol. The van der Waals surface area contributed by atoms with Gasteiger partial charge in [-0.2, -0.15) is 0 Å². The lowest BCUT2D eigenvalue weighted by Gasteiger charge is -2.38. The topological polar surface area (TPSA) is 35.5 Å². The zero-order valence-corrected chi connectivity index (χ0v) is 12.3. The Balaban J connectivity index is 1.53. The van der Waals surface area contributed by atoms with E-state index in [2.05, 4.69) is 0 Å². The molecule has 2 heterocycles. The first kappa shape index (κ1) is 13.3. The summed E-state index contributed by atoms with van der Waals surface area (Å²) in [5.74, 6) is 1.34. The van der Waals surface area contributed by atoms with Crippen LogP contribution in [0.4, 0.5) is 0 Å². The molecule has 3 aliphatic rings. The predicted octanol–water partition coefficient (Wildman–Crippen LogP) is 3.47. The van der Waals surface area contributed by atoms with Crippen LogP contribution >= 0.6 is 0 Å². The number of ether oxygens (including phenoxy) is 2. The molecular weight excluding hydrogens is 264 g/mol. The highest BCUT2D eigenvalue weighted by molar-refractivity contribution is 5.89. The second-order valence-corrected chi connectivity index (χ2v) is 6.73. The highest BCUT2D eigenvalue weighted by Gasteiger charge is 2.44. The van der Waals surface area contributed by atoms with Gasteiger partial charge >= 0.3 is 0 Å². The lowest BCUT2D eigenvalue weighted by Crippen LogP contribution is -2.41. The molecule has 112 valence electrons. The van der Waals surface area contributed by atoms with Crippen molar-refractivity contribution in [3.8, 4) is 5.75 Å². The number of Topliss-reactive ketones (excluding diaryl/α,β-unsaturated/α-hetero) is 1. The summed E-state index contributed by atoms with van der Waals surface area (Å²) in [4.78, 5) is 13.0. The van der Waals surface area contributed by atoms with Crippen LogP contribution in [-0.2, 0) is 9.53 Å². The van der Waals surface area contributed by atoms with Gasteiger partial charge in [-0.25, -0.2) is 0 Å². The van der Waals surface area contributed by atoms with E-state index in [1.807, 2.05) is 24.3 Å². The molecule has 1 saturated heterocycles. The minimum atomic E-state index is -0.0669. The molecule has 3 heteroatoms. The maximum Gasteiger partial charge on any atom is 0.147 e. The van der Waals surface area contributed by atoms with Gasteiger partial charge < -0.3 is 9.47 Å². The fourth-order valence-electron chi connectivity index (χ4n) is 4.32. The summed E-state index contributed by atoms with van der Waals surface area (Å²) in [6.07, 6.45) is 6.55. The van der Waals surface area contributed by atoms with Crippen LogP contribution in [0.2, 0.25) is 0 Å². The van der Waals surface area contributed by atoms with Gasteiger partial charge in [0.2, 0.25) is 0 Å². The maximum absolute atomic E-state index is 13.0. The van der Waals surface area contributed by atoms with Crippen LogP contribution in [0, 0.1) is 5.92 Å². The van der Waals surface area contributed by atoms with Gasteiger partial charge in [0.15, 0.2) is 0 Å². The Kier molecular flexibility index (Phi) is 3.26. The molecule has 1 aromatic carbocycles. The molecule has 1 aliphatic carbocycles. The number of ketones is 1. The first-order chi connectivity index (χ1) is 10.3. The van der Waals surface area contributed by atoms with E-state index in [9.17, 15) is 4.79 Å².